The number of carbonyl (C=O) groups excluding carboxylic acids is 2. The highest BCUT2D eigenvalue weighted by molar-refractivity contribution is 7.86. The molecule has 0 spiro atoms. The average molecular weight is 1160 g/mol. The lowest BCUT2D eigenvalue weighted by atomic mass is 9.75. The average Bonchev–Trinajstić information content (AvgIpc) is 3.51. The van der Waals surface area contributed by atoms with Gasteiger partial charge in [0.2, 0.25) is 5.36 Å². The summed E-state index contributed by atoms with van der Waals surface area (Å²) in [5.74, 6) is -7.82. The van der Waals surface area contributed by atoms with Gasteiger partial charge in [0.25, 0.3) is 16.0 Å². The highest BCUT2D eigenvalue weighted by atomic mass is 32.2. The van der Waals surface area contributed by atoms with E-state index < -0.39 is 84.3 Å². The van der Waals surface area contributed by atoms with Crippen LogP contribution in [0.1, 0.15) is 140 Å². The van der Waals surface area contributed by atoms with Crippen LogP contribution in [0.25, 0.3) is 16.7 Å². The maximum absolute atomic E-state index is 13.7. The molecule has 6 N–H and O–H groups in total. The molecular weight excluding hydrogens is 1080 g/mol. The Morgan fingerprint density at radius 1 is 0.741 bits per heavy atom. The predicted octanol–water partition coefficient (Wildman–Crippen LogP) is 5.53. The second-order valence-electron chi connectivity index (χ2n) is 22.5. The molecule has 1 amide bonds. The van der Waals surface area contributed by atoms with Gasteiger partial charge < -0.3 is 39.4 Å². The molecule has 4 unspecified atom stereocenters. The summed E-state index contributed by atoms with van der Waals surface area (Å²) >= 11 is 0. The summed E-state index contributed by atoms with van der Waals surface area (Å²) < 4.78 is 89.4. The Kier molecular flexibility index (Phi) is 19.4. The highest BCUT2D eigenvalue weighted by Gasteiger charge is 2.36. The molecule has 3 aliphatic rings. The van der Waals surface area contributed by atoms with Gasteiger partial charge in [0, 0.05) is 61.3 Å². The van der Waals surface area contributed by atoms with Gasteiger partial charge in [-0.2, -0.15) is 8.42 Å². The number of hydrogen-bond acceptors (Lipinski definition) is 13. The lowest BCUT2D eigenvalue weighted by molar-refractivity contribution is -0.568. The Labute approximate surface area is 471 Å². The van der Waals surface area contributed by atoms with Crippen molar-refractivity contribution in [2.75, 3.05) is 44.5 Å². The van der Waals surface area contributed by atoms with Crippen LogP contribution in [0.15, 0.2) is 84.9 Å². The molecule has 7 rings (SSSR count). The van der Waals surface area contributed by atoms with E-state index in [9.17, 15) is 65.2 Å². The van der Waals surface area contributed by atoms with E-state index in [0.717, 1.165) is 5.56 Å². The molecule has 21 heteroatoms. The molecule has 2 aliphatic heterocycles. The third-order valence-electron chi connectivity index (χ3n) is 14.8. The number of nitrogens with one attached hydrogen (secondary N) is 2. The van der Waals surface area contributed by atoms with Crippen molar-refractivity contribution >= 4 is 66.6 Å². The molecule has 4 aromatic carbocycles. The zero-order valence-electron chi connectivity index (χ0n) is 46.2. The topological polar surface area (TPSA) is 311 Å². The Hall–Kier alpha value is -6.88. The predicted molar refractivity (Wildman–Crippen MR) is 299 cm³/mol. The van der Waals surface area contributed by atoms with Gasteiger partial charge in [-0.05, 0) is 120 Å². The summed E-state index contributed by atoms with van der Waals surface area (Å²) in [5, 5.41) is 34.0. The number of amides is 1. The first-order chi connectivity index (χ1) is 38.0. The molecule has 434 valence electrons. The first-order valence-electron chi connectivity index (χ1n) is 26.9. The molecule has 19 nitrogen and oxygen atoms in total. The fraction of sp³-hybridized carbons (Fsp3) is 0.433. The van der Waals surface area contributed by atoms with Gasteiger partial charge in [0.1, 0.15) is 23.0 Å². The number of hydrogen-bond donors (Lipinski definition) is 6. The molecule has 0 fully saturated rings. The summed E-state index contributed by atoms with van der Waals surface area (Å²) in [6, 6.07) is 20.4. The number of rotatable bonds is 28. The number of ether oxygens (including phenoxy) is 3. The van der Waals surface area contributed by atoms with Gasteiger partial charge in [-0.25, -0.2) is 18.2 Å². The molecule has 1 aliphatic carbocycles. The van der Waals surface area contributed by atoms with Crippen molar-refractivity contribution in [2.45, 2.75) is 97.9 Å². The minimum absolute atomic E-state index is 0.00316. The minimum Gasteiger partial charge on any atom is -0.748 e. The number of benzene rings is 4. The maximum atomic E-state index is 13.7. The molecule has 0 radical (unpaired) electrons. The van der Waals surface area contributed by atoms with Gasteiger partial charge in [0.05, 0.1) is 64.7 Å². The van der Waals surface area contributed by atoms with Crippen molar-refractivity contribution in [3.63, 3.8) is 0 Å². The normalized spacial score (nSPS) is 16.5. The van der Waals surface area contributed by atoms with Crippen molar-refractivity contribution in [1.82, 2.24) is 5.32 Å². The van der Waals surface area contributed by atoms with Crippen molar-refractivity contribution in [1.29, 1.82) is 0 Å². The van der Waals surface area contributed by atoms with Crippen molar-refractivity contribution in [2.24, 2.45) is 23.2 Å². The second-order valence-corrected chi connectivity index (χ2v) is 25.3. The summed E-state index contributed by atoms with van der Waals surface area (Å²) in [7, 11) is -9.30. The van der Waals surface area contributed by atoms with Gasteiger partial charge >= 0.3 is 17.9 Å². The largest absolute Gasteiger partial charge is 0.748 e. The van der Waals surface area contributed by atoms with Crippen LogP contribution in [0.5, 0.6) is 11.5 Å². The first-order valence-corrected chi connectivity index (χ1v) is 30.1. The Bertz CT molecular complexity index is 3530. The molecular formula is C60H70N2O17S2. The molecule has 4 atom stereocenters. The van der Waals surface area contributed by atoms with Crippen LogP contribution in [0, 0.1) is 23.2 Å². The van der Waals surface area contributed by atoms with Crippen LogP contribution in [0.3, 0.4) is 0 Å². The molecule has 0 aromatic heterocycles. The molecule has 81 heavy (non-hydrogen) atoms. The second kappa shape index (κ2) is 25.5. The zero-order valence-corrected chi connectivity index (χ0v) is 47.8. The van der Waals surface area contributed by atoms with Gasteiger partial charge in [-0.15, -0.1) is 0 Å². The van der Waals surface area contributed by atoms with E-state index in [-0.39, 0.29) is 104 Å². The van der Waals surface area contributed by atoms with Crippen molar-refractivity contribution < 1.29 is 84.4 Å². The van der Waals surface area contributed by atoms with E-state index in [0.29, 0.717) is 63.4 Å². The van der Waals surface area contributed by atoms with E-state index in [1.807, 2.05) is 51.1 Å². The van der Waals surface area contributed by atoms with E-state index in [1.54, 1.807) is 57.2 Å². The van der Waals surface area contributed by atoms with E-state index in [2.05, 4.69) is 10.3 Å². The Balaban J connectivity index is 1.04. The Morgan fingerprint density at radius 2 is 1.41 bits per heavy atom. The molecule has 0 saturated carbocycles. The molecule has 2 heterocycles. The number of carboxylic acid groups (broad SMARTS) is 3. The number of aliphatic carboxylic acids is 2. The van der Waals surface area contributed by atoms with Crippen LogP contribution in [-0.4, -0.2) is 121 Å². The molecule has 0 bridgehead atoms. The summed E-state index contributed by atoms with van der Waals surface area (Å²) in [4.78, 5) is 68.0. The van der Waals surface area contributed by atoms with E-state index in [1.165, 1.54) is 18.2 Å². The quantitative estimate of drug-likeness (QED) is 0.0265. The smallest absolute Gasteiger partial charge is 0.336 e. The zero-order chi connectivity index (χ0) is 59.2. The Morgan fingerprint density at radius 3 is 2.05 bits per heavy atom. The number of aromatic carboxylic acids is 1. The third kappa shape index (κ3) is 16.2. The number of Topliss-reactive ketones (excluding diaryl/α,β-unsaturated/α-hetero) is 1. The maximum Gasteiger partial charge on any atom is 0.336 e. The third-order valence-corrected chi connectivity index (χ3v) is 16.2. The number of allylic oxidation sites excluding steroid dienone is 1. The fourth-order valence-electron chi connectivity index (χ4n) is 11.2. The lowest BCUT2D eigenvalue weighted by Crippen LogP contribution is -2.89. The van der Waals surface area contributed by atoms with Gasteiger partial charge in [-0.3, -0.25) is 23.7 Å². The van der Waals surface area contributed by atoms with Crippen LogP contribution in [0.4, 0.5) is 0 Å². The highest BCUT2D eigenvalue weighted by Crippen LogP contribution is 2.45. The summed E-state index contributed by atoms with van der Waals surface area (Å²) in [6.45, 7) is 11.7. The molecule has 4 aromatic rings. The number of ketones is 1. The van der Waals surface area contributed by atoms with Crippen LogP contribution < -0.4 is 25.6 Å². The van der Waals surface area contributed by atoms with Crippen LogP contribution in [0.2, 0.25) is 0 Å². The standard InChI is InChI=1S/C60H70N2O17S2/c1-7-36(56(65)66)23-40(57(67)68)24-39(22-35(2)37-12-9-8-10-13-37)51(63)14-11-18-77-20-21-78-19-17-61-55(64)38-15-16-44(47(25-38)58(69)70)54-48-27-45-41(30-59(3,4)31-42(45)33-80(71,72)73)26-52(48)79-53-29-50-46(28-49(53)54)43(34-81(74,75)76)32-60(5,6)62-50/h8-10,12-13,15-16,25-29,31-32,35-36,39-40H,7,11,14,17-24,30,33-34H2,1-6H3,(H,61,64)(H,65,66)(H,67,68)(H,69,70)(H,71,72,73)(H,74,75,76). The number of carbonyl (C=O) groups is 5. The van der Waals surface area contributed by atoms with E-state index in [4.69, 9.17) is 14.2 Å². The van der Waals surface area contributed by atoms with Crippen molar-refractivity contribution in [3.8, 4) is 11.5 Å². The van der Waals surface area contributed by atoms with Gasteiger partial charge in [0.15, 0.2) is 5.54 Å². The first kappa shape index (κ1) is 61.7. The van der Waals surface area contributed by atoms with E-state index >= 15 is 0 Å². The van der Waals surface area contributed by atoms with Crippen LogP contribution in [-0.2, 0) is 50.5 Å². The monoisotopic (exact) mass is 1150 g/mol. The number of fused-ring (bicyclic) bond motifs is 4. The number of carboxylic acids is 3. The SMILES string of the molecule is CCC(CC(CC(CC(C)c1ccccc1)C(=O)CCCOCCOCCNC(=O)c1ccc(C2=c3cc4c(cc3Oc3cc5c(cc32)C(CS(=O)(=O)O)=CC(C)(C)C5)=[NH+]C(C)(C)C=C4CS(=O)(=O)[O-])c(C(=O)O)c1)C(=O)O)C(=O)O. The van der Waals surface area contributed by atoms with Gasteiger partial charge in [-0.1, -0.05) is 70.2 Å². The summed E-state index contributed by atoms with van der Waals surface area (Å²) in [6.07, 6.45) is 4.98. The molecule has 0 saturated heterocycles. The fourth-order valence-corrected chi connectivity index (χ4v) is 12.4. The van der Waals surface area contributed by atoms with Crippen molar-refractivity contribution in [3.05, 3.63) is 140 Å². The lowest BCUT2D eigenvalue weighted by Gasteiger charge is -2.32. The minimum atomic E-state index is -4.78. The summed E-state index contributed by atoms with van der Waals surface area (Å²) in [5.41, 5.74) is 2.19. The van der Waals surface area contributed by atoms with Crippen LogP contribution >= 0.6 is 0 Å².